The van der Waals surface area contributed by atoms with Gasteiger partial charge in [-0.3, -0.25) is 19.7 Å². The molecule has 2 N–H and O–H groups in total. The highest BCUT2D eigenvalue weighted by molar-refractivity contribution is 6.06. The number of Topliss-reactive ketones (excluding diaryl/α,β-unsaturated/α-hetero) is 1. The first-order valence-corrected chi connectivity index (χ1v) is 10.8. The number of likely N-dealkylation sites (tertiary alicyclic amines) is 1. The predicted molar refractivity (Wildman–Crippen MR) is 111 cm³/mol. The summed E-state index contributed by atoms with van der Waals surface area (Å²) in [7, 11) is 0. The molecule has 1 amide bonds. The van der Waals surface area contributed by atoms with Crippen molar-refractivity contribution in [2.75, 3.05) is 19.6 Å². The van der Waals surface area contributed by atoms with Crippen molar-refractivity contribution in [3.63, 3.8) is 0 Å². The number of nitrogens with one attached hydrogen (secondary N) is 2. The molecule has 2 aliphatic heterocycles. The van der Waals surface area contributed by atoms with Crippen molar-refractivity contribution in [2.45, 2.75) is 44.9 Å². The summed E-state index contributed by atoms with van der Waals surface area (Å²) >= 11 is 0. The fourth-order valence-electron chi connectivity index (χ4n) is 4.43. The molecule has 2 saturated heterocycles. The number of alkyl halides is 1. The van der Waals surface area contributed by atoms with Crippen LogP contribution in [-0.4, -0.2) is 54.8 Å². The number of carbonyl (C=O) groups is 3. The van der Waals surface area contributed by atoms with Crippen LogP contribution in [0.3, 0.4) is 0 Å². The van der Waals surface area contributed by atoms with Gasteiger partial charge in [-0.25, -0.2) is 4.39 Å². The van der Waals surface area contributed by atoms with E-state index in [1.807, 2.05) is 13.0 Å². The molecule has 0 aromatic heterocycles. The van der Waals surface area contributed by atoms with E-state index in [1.54, 1.807) is 17.1 Å². The van der Waals surface area contributed by atoms with Crippen molar-refractivity contribution < 1.29 is 18.8 Å². The van der Waals surface area contributed by atoms with E-state index in [2.05, 4.69) is 10.6 Å². The van der Waals surface area contributed by atoms with Gasteiger partial charge in [-0.05, 0) is 54.9 Å². The fourth-order valence-corrected chi connectivity index (χ4v) is 4.43. The summed E-state index contributed by atoms with van der Waals surface area (Å²) in [6, 6.07) is 0. The third-order valence-electron chi connectivity index (χ3n) is 6.34. The number of ketones is 1. The van der Waals surface area contributed by atoms with Gasteiger partial charge in [0, 0.05) is 24.6 Å². The largest absolute Gasteiger partial charge is 0.366 e. The molecule has 0 bridgehead atoms. The van der Waals surface area contributed by atoms with E-state index >= 15 is 0 Å². The molecule has 0 spiro atoms. The normalized spacial score (nSPS) is 33.5. The number of hydrogen-bond acceptors (Lipinski definition) is 5. The van der Waals surface area contributed by atoms with E-state index in [0.717, 1.165) is 18.4 Å². The smallest absolute Gasteiger partial charge is 0.254 e. The van der Waals surface area contributed by atoms with Gasteiger partial charge in [0.2, 0.25) is 0 Å². The van der Waals surface area contributed by atoms with Crippen LogP contribution in [0.2, 0.25) is 0 Å². The number of hydrogen-bond donors (Lipinski definition) is 2. The Kier molecular flexibility index (Phi) is 5.99. The Labute approximate surface area is 175 Å². The predicted octanol–water partition coefficient (Wildman–Crippen LogP) is 1.96. The molecule has 160 valence electrons. The lowest BCUT2D eigenvalue weighted by molar-refractivity contribution is -0.127. The van der Waals surface area contributed by atoms with Crippen LogP contribution in [0.15, 0.2) is 46.7 Å². The van der Waals surface area contributed by atoms with Crippen LogP contribution in [0.25, 0.3) is 0 Å². The van der Waals surface area contributed by atoms with Gasteiger partial charge in [-0.1, -0.05) is 19.1 Å². The number of carbonyl (C=O) groups excluding carboxylic acids is 3. The highest BCUT2D eigenvalue weighted by Crippen LogP contribution is 2.34. The van der Waals surface area contributed by atoms with Crippen molar-refractivity contribution >= 4 is 18.0 Å². The van der Waals surface area contributed by atoms with Crippen molar-refractivity contribution in [3.8, 4) is 0 Å². The molecule has 2 aliphatic carbocycles. The lowest BCUT2D eigenvalue weighted by atomic mass is 9.90. The van der Waals surface area contributed by atoms with Crippen molar-refractivity contribution in [2.24, 2.45) is 11.8 Å². The average molecular weight is 413 g/mol. The topological polar surface area (TPSA) is 78.5 Å². The Morgan fingerprint density at radius 3 is 2.80 bits per heavy atom. The fraction of sp³-hybridized carbons (Fsp3) is 0.522. The second-order valence-electron chi connectivity index (χ2n) is 8.43. The molecule has 6 nitrogen and oxygen atoms in total. The molecule has 2 heterocycles. The number of nitrogens with zero attached hydrogens (tertiary/aromatic N) is 1. The van der Waals surface area contributed by atoms with Gasteiger partial charge in [0.1, 0.15) is 12.5 Å². The molecule has 3 unspecified atom stereocenters. The summed E-state index contributed by atoms with van der Waals surface area (Å²) in [5.74, 6) is -0.0309. The van der Waals surface area contributed by atoms with Gasteiger partial charge >= 0.3 is 0 Å². The molecule has 4 aliphatic rings. The summed E-state index contributed by atoms with van der Waals surface area (Å²) in [5.41, 5.74) is 2.27. The summed E-state index contributed by atoms with van der Waals surface area (Å²) in [4.78, 5) is 38.7. The maximum absolute atomic E-state index is 13.9. The molecule has 4 rings (SSSR count). The van der Waals surface area contributed by atoms with Gasteiger partial charge in [0.25, 0.3) is 5.91 Å². The highest BCUT2D eigenvalue weighted by Gasteiger charge is 2.38. The van der Waals surface area contributed by atoms with E-state index in [0.29, 0.717) is 49.4 Å². The standard InChI is InChI=1S/C23H28FN3O3/c1-2-15-11-14(3-6-19(15)24)13-27-9-7-17(18(8-10-28)23(27)30)21-20(29)12-25-22(26-21)16-4-5-16/h3,6,8,10-11,15-16,19,22,25-26H,2,4-5,7,9,12-13H2,1H3/b18-8+,21-17-. The van der Waals surface area contributed by atoms with Gasteiger partial charge in [-0.15, -0.1) is 0 Å². The monoisotopic (exact) mass is 413 g/mol. The van der Waals surface area contributed by atoms with Crippen molar-refractivity contribution in [3.05, 3.63) is 46.7 Å². The first-order valence-electron chi connectivity index (χ1n) is 10.8. The average Bonchev–Trinajstić information content (AvgIpc) is 3.58. The third-order valence-corrected chi connectivity index (χ3v) is 6.34. The van der Waals surface area contributed by atoms with Crippen LogP contribution in [0.1, 0.15) is 32.6 Å². The summed E-state index contributed by atoms with van der Waals surface area (Å²) in [5, 5.41) is 6.49. The summed E-state index contributed by atoms with van der Waals surface area (Å²) in [6.07, 6.45) is 9.51. The number of halogens is 1. The Hall–Kier alpha value is -2.54. The quantitative estimate of drug-likeness (QED) is 0.532. The summed E-state index contributed by atoms with van der Waals surface area (Å²) in [6.45, 7) is 2.99. The molecule has 0 radical (unpaired) electrons. The van der Waals surface area contributed by atoms with Gasteiger partial charge in [0.05, 0.1) is 18.4 Å². The van der Waals surface area contributed by atoms with Crippen LogP contribution in [-0.2, 0) is 14.4 Å². The third kappa shape index (κ3) is 4.17. The molecule has 3 fully saturated rings. The van der Waals surface area contributed by atoms with E-state index in [9.17, 15) is 18.8 Å². The van der Waals surface area contributed by atoms with Crippen LogP contribution < -0.4 is 10.6 Å². The first kappa shape index (κ1) is 20.7. The molecular weight excluding hydrogens is 385 g/mol. The second kappa shape index (κ2) is 8.68. The van der Waals surface area contributed by atoms with Gasteiger partial charge in [-0.2, -0.15) is 0 Å². The maximum Gasteiger partial charge on any atom is 0.254 e. The van der Waals surface area contributed by atoms with Crippen molar-refractivity contribution in [1.82, 2.24) is 15.5 Å². The zero-order valence-electron chi connectivity index (χ0n) is 17.2. The molecule has 3 atom stereocenters. The Balaban J connectivity index is 1.56. The Morgan fingerprint density at radius 1 is 1.30 bits per heavy atom. The molecule has 7 heteroatoms. The first-order chi connectivity index (χ1) is 14.5. The van der Waals surface area contributed by atoms with Crippen molar-refractivity contribution in [1.29, 1.82) is 0 Å². The minimum atomic E-state index is -0.992. The Morgan fingerprint density at radius 2 is 2.10 bits per heavy atom. The van der Waals surface area contributed by atoms with Crippen LogP contribution in [0.5, 0.6) is 0 Å². The van der Waals surface area contributed by atoms with E-state index in [4.69, 9.17) is 0 Å². The minimum Gasteiger partial charge on any atom is -0.366 e. The molecule has 1 saturated carbocycles. The molecule has 30 heavy (non-hydrogen) atoms. The number of rotatable bonds is 5. The number of piperidine rings is 1. The zero-order chi connectivity index (χ0) is 21.3. The lowest BCUT2D eigenvalue weighted by Gasteiger charge is -2.35. The molecule has 0 aromatic rings. The van der Waals surface area contributed by atoms with E-state index in [1.165, 1.54) is 6.08 Å². The summed E-state index contributed by atoms with van der Waals surface area (Å²) < 4.78 is 13.9. The SMILES string of the molecule is CCC1C=C(CN2CCC(=C3/NC(C4CC4)NCC3=O)/C(=C\C=O)C2=O)C=CC1F. The molecular formula is C23H28FN3O3. The van der Waals surface area contributed by atoms with Crippen LogP contribution in [0.4, 0.5) is 4.39 Å². The lowest BCUT2D eigenvalue weighted by Crippen LogP contribution is -2.54. The number of allylic oxidation sites excluding steroid dienone is 3. The minimum absolute atomic E-state index is 0.0352. The second-order valence-corrected chi connectivity index (χ2v) is 8.43. The van der Waals surface area contributed by atoms with Gasteiger partial charge in [0.15, 0.2) is 5.78 Å². The number of amides is 1. The Bertz CT molecular complexity index is 869. The van der Waals surface area contributed by atoms with E-state index in [-0.39, 0.29) is 35.9 Å². The van der Waals surface area contributed by atoms with Gasteiger partial charge < -0.3 is 10.2 Å². The zero-order valence-corrected chi connectivity index (χ0v) is 17.2. The van der Waals surface area contributed by atoms with Crippen LogP contribution in [0, 0.1) is 11.8 Å². The number of aldehydes is 1. The highest BCUT2D eigenvalue weighted by atomic mass is 19.1. The van der Waals surface area contributed by atoms with E-state index < -0.39 is 6.17 Å². The molecule has 0 aromatic carbocycles. The van der Waals surface area contributed by atoms with Crippen LogP contribution >= 0.6 is 0 Å². The maximum atomic E-state index is 13.9.